The number of hydrogen-bond acceptors (Lipinski definition) is 4. The summed E-state index contributed by atoms with van der Waals surface area (Å²) in [5, 5.41) is 18.4. The van der Waals surface area contributed by atoms with Crippen molar-refractivity contribution in [3.8, 4) is 11.1 Å². The first-order valence-corrected chi connectivity index (χ1v) is 13.8. The zero-order chi connectivity index (χ0) is 29.7. The standard InChI is InChI=1S/C32H35F2N3O4.Li.H2O/c1-19-15-20(2)28(21(3)16-19)36-31(41)35-27-18-23(22-10-12-25(33)26(34)17-22)9-11-24(27)29(38)37-32(30(39)40)13-7-5-4-6-8-14-32;;/h9-12,15-18H,4-8,13-14H2,1-3H3,(H,37,38)(H,39,40)(H2,35,36,41);;1H2/q;+1;/p-1. The number of hydrogen-bond donors (Lipinski definition) is 4. The summed E-state index contributed by atoms with van der Waals surface area (Å²) < 4.78 is 27.6. The number of urea groups is 1. The Balaban J connectivity index is 0.00000323. The number of benzene rings is 3. The molecular weight excluding hydrogens is 551 g/mol. The number of carbonyl (C=O) groups is 3. The van der Waals surface area contributed by atoms with Gasteiger partial charge in [0, 0.05) is 5.69 Å². The van der Waals surface area contributed by atoms with Crippen molar-refractivity contribution < 1.29 is 52.6 Å². The Hall–Kier alpha value is -3.71. The maximum Gasteiger partial charge on any atom is 1.00 e. The molecule has 3 aromatic rings. The molecule has 224 valence electrons. The molecule has 8 nitrogen and oxygen atoms in total. The zero-order valence-corrected chi connectivity index (χ0v) is 24.9. The average molecular weight is 588 g/mol. The number of amides is 3. The Labute approximate surface area is 262 Å². The number of aryl methyl sites for hydroxylation is 3. The molecule has 3 amide bonds. The summed E-state index contributed by atoms with van der Waals surface area (Å²) in [5.74, 6) is -3.77. The van der Waals surface area contributed by atoms with E-state index < -0.39 is 35.1 Å². The second kappa shape index (κ2) is 15.1. The molecule has 4 rings (SSSR count). The van der Waals surface area contributed by atoms with Crippen LogP contribution in [0, 0.1) is 32.4 Å². The van der Waals surface area contributed by atoms with Crippen LogP contribution in [0.3, 0.4) is 0 Å². The molecule has 1 aliphatic rings. The molecule has 1 fully saturated rings. The number of rotatable bonds is 6. The molecule has 0 unspecified atom stereocenters. The van der Waals surface area contributed by atoms with Crippen molar-refractivity contribution >= 4 is 29.3 Å². The Morgan fingerprint density at radius 2 is 1.33 bits per heavy atom. The van der Waals surface area contributed by atoms with Crippen molar-refractivity contribution in [3.63, 3.8) is 0 Å². The second-order valence-electron chi connectivity index (χ2n) is 10.9. The van der Waals surface area contributed by atoms with Crippen LogP contribution in [0.2, 0.25) is 0 Å². The molecule has 0 radical (unpaired) electrons. The van der Waals surface area contributed by atoms with E-state index in [1.807, 2.05) is 32.9 Å². The van der Waals surface area contributed by atoms with E-state index in [1.54, 1.807) is 6.07 Å². The third-order valence-electron chi connectivity index (χ3n) is 7.65. The van der Waals surface area contributed by atoms with Gasteiger partial charge >= 0.3 is 30.9 Å². The summed E-state index contributed by atoms with van der Waals surface area (Å²) in [6, 6.07) is 11.2. The molecule has 0 aliphatic heterocycles. The van der Waals surface area contributed by atoms with Crippen molar-refractivity contribution in [2.75, 3.05) is 10.6 Å². The maximum atomic E-state index is 14.0. The van der Waals surface area contributed by atoms with Crippen LogP contribution in [0.4, 0.5) is 25.0 Å². The number of carboxylic acids is 1. The van der Waals surface area contributed by atoms with E-state index in [4.69, 9.17) is 0 Å². The molecule has 0 heterocycles. The predicted molar refractivity (Wildman–Crippen MR) is 157 cm³/mol. The summed E-state index contributed by atoms with van der Waals surface area (Å²) in [6.45, 7) is 5.70. The fourth-order valence-electron chi connectivity index (χ4n) is 5.53. The molecule has 3 aromatic carbocycles. The summed E-state index contributed by atoms with van der Waals surface area (Å²) >= 11 is 0. The molecule has 0 aromatic heterocycles. The summed E-state index contributed by atoms with van der Waals surface area (Å²) in [6.07, 6.45) is 4.75. The van der Waals surface area contributed by atoms with Crippen LogP contribution < -0.4 is 34.8 Å². The molecule has 5 N–H and O–H groups in total. The van der Waals surface area contributed by atoms with E-state index in [-0.39, 0.29) is 35.6 Å². The van der Waals surface area contributed by atoms with E-state index in [0.717, 1.165) is 48.1 Å². The van der Waals surface area contributed by atoms with Gasteiger partial charge < -0.3 is 26.5 Å². The van der Waals surface area contributed by atoms with Gasteiger partial charge in [0.15, 0.2) is 11.6 Å². The largest absolute Gasteiger partial charge is 1.00 e. The van der Waals surface area contributed by atoms with Crippen molar-refractivity contribution in [1.82, 2.24) is 5.32 Å². The van der Waals surface area contributed by atoms with E-state index in [1.165, 1.54) is 18.2 Å². The van der Waals surface area contributed by atoms with Gasteiger partial charge in [0.05, 0.1) is 11.3 Å². The number of carbonyl (C=O) groups excluding carboxylic acids is 2. The molecule has 0 bridgehead atoms. The molecule has 0 atom stereocenters. The summed E-state index contributed by atoms with van der Waals surface area (Å²) in [4.78, 5) is 39.2. The normalized spacial score (nSPS) is 14.2. The van der Waals surface area contributed by atoms with E-state index >= 15 is 0 Å². The third kappa shape index (κ3) is 8.44. The van der Waals surface area contributed by atoms with E-state index in [9.17, 15) is 28.3 Å². The fraction of sp³-hybridized carbons (Fsp3) is 0.344. The second-order valence-corrected chi connectivity index (χ2v) is 10.9. The summed E-state index contributed by atoms with van der Waals surface area (Å²) in [5.41, 5.74) is 2.87. The van der Waals surface area contributed by atoms with Gasteiger partial charge in [-0.15, -0.1) is 0 Å². The molecule has 1 saturated carbocycles. The number of aliphatic carboxylic acids is 1. The van der Waals surface area contributed by atoms with Gasteiger partial charge in [0.2, 0.25) is 0 Å². The first-order chi connectivity index (χ1) is 19.5. The topological polar surface area (TPSA) is 138 Å². The Morgan fingerprint density at radius 1 is 0.767 bits per heavy atom. The van der Waals surface area contributed by atoms with Crippen LogP contribution in [-0.2, 0) is 4.79 Å². The number of nitrogens with one attached hydrogen (secondary N) is 3. The van der Waals surface area contributed by atoms with Crippen LogP contribution in [0.25, 0.3) is 11.1 Å². The number of anilines is 2. The zero-order valence-electron chi connectivity index (χ0n) is 24.9. The Bertz CT molecular complexity index is 1470. The van der Waals surface area contributed by atoms with Gasteiger partial charge in [0.1, 0.15) is 5.54 Å². The summed E-state index contributed by atoms with van der Waals surface area (Å²) in [7, 11) is 0. The van der Waals surface area contributed by atoms with Crippen LogP contribution in [-0.4, -0.2) is 34.0 Å². The minimum Gasteiger partial charge on any atom is -0.870 e. The minimum atomic E-state index is -1.42. The molecule has 11 heteroatoms. The smallest absolute Gasteiger partial charge is 0.870 e. The van der Waals surface area contributed by atoms with E-state index in [2.05, 4.69) is 16.0 Å². The van der Waals surface area contributed by atoms with E-state index in [0.29, 0.717) is 42.5 Å². The number of halogens is 2. The first kappa shape index (κ1) is 35.5. The third-order valence-corrected chi connectivity index (χ3v) is 7.65. The van der Waals surface area contributed by atoms with Gasteiger partial charge in [-0.25, -0.2) is 18.4 Å². The first-order valence-electron chi connectivity index (χ1n) is 13.8. The van der Waals surface area contributed by atoms with Gasteiger partial charge in [-0.1, -0.05) is 61.9 Å². The molecule has 0 spiro atoms. The quantitative estimate of drug-likeness (QED) is 0.318. The fourth-order valence-corrected chi connectivity index (χ4v) is 5.53. The van der Waals surface area contributed by atoms with Crippen molar-refractivity contribution in [1.29, 1.82) is 0 Å². The van der Waals surface area contributed by atoms with Gasteiger partial charge in [-0.3, -0.25) is 4.79 Å². The predicted octanol–water partition coefficient (Wildman–Crippen LogP) is 4.33. The van der Waals surface area contributed by atoms with Crippen LogP contribution in [0.15, 0.2) is 48.5 Å². The SMILES string of the molecule is Cc1cc(C)c(NC(=O)Nc2cc(-c3ccc(F)c(F)c3)ccc2C(=O)NC2(C(=O)O)CCCCCCC2)c(C)c1.[Li+].[OH-]. The molecular formula is C32H36F2LiN3O5. The van der Waals surface area contributed by atoms with Crippen LogP contribution in [0.1, 0.15) is 72.0 Å². The number of carboxylic acid groups (broad SMARTS) is 1. The van der Waals surface area contributed by atoms with Crippen molar-refractivity contribution in [3.05, 3.63) is 82.4 Å². The average Bonchev–Trinajstić information content (AvgIpc) is 2.89. The van der Waals surface area contributed by atoms with Gasteiger partial charge in [-0.05, 0) is 80.1 Å². The van der Waals surface area contributed by atoms with Crippen molar-refractivity contribution in [2.45, 2.75) is 71.3 Å². The van der Waals surface area contributed by atoms with Crippen molar-refractivity contribution in [2.24, 2.45) is 0 Å². The molecule has 0 saturated heterocycles. The Morgan fingerprint density at radius 3 is 1.91 bits per heavy atom. The Kier molecular flexibility index (Phi) is 12.5. The molecule has 1 aliphatic carbocycles. The van der Waals surface area contributed by atoms with Crippen LogP contribution in [0.5, 0.6) is 0 Å². The minimum absolute atomic E-state index is 0. The molecule has 43 heavy (non-hydrogen) atoms. The van der Waals surface area contributed by atoms with Gasteiger partial charge in [-0.2, -0.15) is 0 Å². The van der Waals surface area contributed by atoms with Crippen LogP contribution >= 0.6 is 0 Å². The monoisotopic (exact) mass is 587 g/mol. The van der Waals surface area contributed by atoms with Gasteiger partial charge in [0.25, 0.3) is 5.91 Å². The maximum absolute atomic E-state index is 14.0.